The van der Waals surface area contributed by atoms with Crippen LogP contribution < -0.4 is 10.2 Å². The molecule has 1 N–H and O–H groups in total. The highest BCUT2D eigenvalue weighted by atomic mass is 79.9. The van der Waals surface area contributed by atoms with Gasteiger partial charge >= 0.3 is 0 Å². The molecule has 0 unspecified atom stereocenters. The molecule has 2 aromatic rings. The van der Waals surface area contributed by atoms with Crippen LogP contribution >= 0.6 is 31.9 Å². The Bertz CT molecular complexity index is 731. The molecule has 0 aliphatic rings. The van der Waals surface area contributed by atoms with Gasteiger partial charge in [-0.25, -0.2) is 5.43 Å². The first kappa shape index (κ1) is 18.7. The Morgan fingerprint density at radius 2 is 1.88 bits per heavy atom. The fraction of sp³-hybridized carbons (Fsp3) is 0.222. The summed E-state index contributed by atoms with van der Waals surface area (Å²) in [7, 11) is 0. The molecular weight excluding hydrogens is 436 g/mol. The van der Waals surface area contributed by atoms with Gasteiger partial charge < -0.3 is 4.74 Å². The third kappa shape index (κ3) is 5.46. The van der Waals surface area contributed by atoms with E-state index in [2.05, 4.69) is 42.4 Å². The molecule has 1 amide bonds. The number of rotatable bonds is 6. The van der Waals surface area contributed by atoms with E-state index in [9.17, 15) is 4.79 Å². The summed E-state index contributed by atoms with van der Waals surface area (Å²) in [6.07, 6.45) is 0. The van der Waals surface area contributed by atoms with Gasteiger partial charge in [0.2, 0.25) is 0 Å². The fourth-order valence-electron chi connectivity index (χ4n) is 2.03. The standard InChI is InChI=1S/C18H18Br2N2O2/c1-12(2)18(13-6-4-3-5-7-13)22-21-17(23)11-24-16-9-8-14(19)10-15(16)20/h3-10,12H,11H2,1-2H3,(H,21,23)/b22-18+. The third-order valence-electron chi connectivity index (χ3n) is 3.17. The predicted molar refractivity (Wildman–Crippen MR) is 103 cm³/mol. The van der Waals surface area contributed by atoms with Crippen molar-refractivity contribution in [3.05, 3.63) is 63.0 Å². The average molecular weight is 454 g/mol. The lowest BCUT2D eigenvalue weighted by Gasteiger charge is -2.11. The highest BCUT2D eigenvalue weighted by molar-refractivity contribution is 9.11. The highest BCUT2D eigenvalue weighted by Gasteiger charge is 2.10. The van der Waals surface area contributed by atoms with Gasteiger partial charge in [0.05, 0.1) is 10.2 Å². The molecule has 0 heterocycles. The van der Waals surface area contributed by atoms with Crippen LogP contribution in [0, 0.1) is 5.92 Å². The van der Waals surface area contributed by atoms with Crippen LogP contribution in [0.3, 0.4) is 0 Å². The number of carbonyl (C=O) groups is 1. The first-order valence-corrected chi connectivity index (χ1v) is 9.05. The highest BCUT2D eigenvalue weighted by Crippen LogP contribution is 2.28. The maximum absolute atomic E-state index is 12.0. The molecule has 0 bridgehead atoms. The van der Waals surface area contributed by atoms with Gasteiger partial charge in [-0.05, 0) is 45.6 Å². The van der Waals surface area contributed by atoms with Crippen molar-refractivity contribution in [2.24, 2.45) is 11.0 Å². The van der Waals surface area contributed by atoms with Gasteiger partial charge in [-0.3, -0.25) is 4.79 Å². The summed E-state index contributed by atoms with van der Waals surface area (Å²) >= 11 is 6.77. The van der Waals surface area contributed by atoms with E-state index in [0.717, 1.165) is 20.2 Å². The number of hydrogen-bond donors (Lipinski definition) is 1. The molecule has 0 aliphatic heterocycles. The number of hydrazone groups is 1. The number of hydrogen-bond acceptors (Lipinski definition) is 3. The van der Waals surface area contributed by atoms with Gasteiger partial charge in [0.25, 0.3) is 5.91 Å². The van der Waals surface area contributed by atoms with Gasteiger partial charge in [0.15, 0.2) is 6.61 Å². The Balaban J connectivity index is 1.98. The summed E-state index contributed by atoms with van der Waals surface area (Å²) < 4.78 is 7.21. The van der Waals surface area contributed by atoms with E-state index in [1.165, 1.54) is 0 Å². The zero-order chi connectivity index (χ0) is 17.5. The van der Waals surface area contributed by atoms with Gasteiger partial charge in [-0.15, -0.1) is 0 Å². The van der Waals surface area contributed by atoms with Crippen molar-refractivity contribution in [2.75, 3.05) is 6.61 Å². The summed E-state index contributed by atoms with van der Waals surface area (Å²) in [6.45, 7) is 3.96. The molecule has 24 heavy (non-hydrogen) atoms. The molecule has 0 atom stereocenters. The molecule has 0 fully saturated rings. The molecule has 0 aromatic heterocycles. The SMILES string of the molecule is CC(C)/C(=N\NC(=O)COc1ccc(Br)cc1Br)c1ccccc1. The molecule has 2 aromatic carbocycles. The van der Waals surface area contributed by atoms with Crippen molar-refractivity contribution in [1.29, 1.82) is 0 Å². The number of halogens is 2. The Labute approximate surface area is 158 Å². The topological polar surface area (TPSA) is 50.7 Å². The first-order valence-electron chi connectivity index (χ1n) is 7.47. The van der Waals surface area contributed by atoms with Crippen LogP contribution in [0.5, 0.6) is 5.75 Å². The van der Waals surface area contributed by atoms with Crippen molar-refractivity contribution in [2.45, 2.75) is 13.8 Å². The Morgan fingerprint density at radius 3 is 2.50 bits per heavy atom. The lowest BCUT2D eigenvalue weighted by atomic mass is 10.0. The van der Waals surface area contributed by atoms with Gasteiger partial charge in [-0.2, -0.15) is 5.10 Å². The molecular formula is C18H18Br2N2O2. The third-order valence-corrected chi connectivity index (χ3v) is 4.28. The van der Waals surface area contributed by atoms with Crippen LogP contribution in [-0.2, 0) is 4.79 Å². The Hall–Kier alpha value is -1.66. The number of nitrogens with one attached hydrogen (secondary N) is 1. The molecule has 2 rings (SSSR count). The largest absolute Gasteiger partial charge is 0.483 e. The predicted octanol–water partition coefficient (Wildman–Crippen LogP) is 4.77. The van der Waals surface area contributed by atoms with E-state index in [-0.39, 0.29) is 18.4 Å². The molecule has 4 nitrogen and oxygen atoms in total. The van der Waals surface area contributed by atoms with Gasteiger partial charge in [0, 0.05) is 4.47 Å². The fourth-order valence-corrected chi connectivity index (χ4v) is 3.19. The summed E-state index contributed by atoms with van der Waals surface area (Å²) in [6, 6.07) is 15.3. The second-order valence-corrected chi connectivity index (χ2v) is 7.19. The van der Waals surface area contributed by atoms with Crippen molar-refractivity contribution < 1.29 is 9.53 Å². The molecule has 0 spiro atoms. The van der Waals surface area contributed by atoms with Crippen LogP contribution in [0.25, 0.3) is 0 Å². The number of amides is 1. The van der Waals surface area contributed by atoms with E-state index in [1.807, 2.05) is 56.3 Å². The smallest absolute Gasteiger partial charge is 0.277 e. The van der Waals surface area contributed by atoms with E-state index in [1.54, 1.807) is 6.07 Å². The molecule has 126 valence electrons. The molecule has 0 radical (unpaired) electrons. The van der Waals surface area contributed by atoms with Crippen molar-refractivity contribution in [3.63, 3.8) is 0 Å². The summed E-state index contributed by atoms with van der Waals surface area (Å²) in [5, 5.41) is 4.26. The van der Waals surface area contributed by atoms with Crippen LogP contribution in [0.1, 0.15) is 19.4 Å². The van der Waals surface area contributed by atoms with Crippen LogP contribution in [0.2, 0.25) is 0 Å². The number of benzene rings is 2. The lowest BCUT2D eigenvalue weighted by Crippen LogP contribution is -2.27. The quantitative estimate of drug-likeness (QED) is 0.506. The summed E-state index contributed by atoms with van der Waals surface area (Å²) in [5.41, 5.74) is 4.38. The Morgan fingerprint density at radius 1 is 1.17 bits per heavy atom. The van der Waals surface area contributed by atoms with Crippen molar-refractivity contribution in [1.82, 2.24) is 5.43 Å². The minimum Gasteiger partial charge on any atom is -0.483 e. The normalized spacial score (nSPS) is 11.5. The Kier molecular flexibility index (Phi) is 6.99. The van der Waals surface area contributed by atoms with Gasteiger partial charge in [-0.1, -0.05) is 60.1 Å². The second-order valence-electron chi connectivity index (χ2n) is 5.42. The molecule has 6 heteroatoms. The van der Waals surface area contributed by atoms with Crippen LogP contribution in [0.4, 0.5) is 0 Å². The average Bonchev–Trinajstić information content (AvgIpc) is 2.55. The molecule has 0 saturated carbocycles. The maximum atomic E-state index is 12.0. The molecule has 0 aliphatic carbocycles. The van der Waals surface area contributed by atoms with Crippen molar-refractivity contribution >= 4 is 43.5 Å². The minimum absolute atomic E-state index is 0.107. The maximum Gasteiger partial charge on any atom is 0.277 e. The van der Waals surface area contributed by atoms with E-state index in [4.69, 9.17) is 4.74 Å². The second kappa shape index (κ2) is 8.99. The van der Waals surface area contributed by atoms with E-state index < -0.39 is 0 Å². The number of ether oxygens (including phenoxy) is 1. The van der Waals surface area contributed by atoms with Crippen molar-refractivity contribution in [3.8, 4) is 5.75 Å². The van der Waals surface area contributed by atoms with Gasteiger partial charge in [0.1, 0.15) is 5.75 Å². The summed E-state index contributed by atoms with van der Waals surface area (Å²) in [5.74, 6) is 0.484. The first-order chi connectivity index (χ1) is 11.5. The molecule has 0 saturated heterocycles. The summed E-state index contributed by atoms with van der Waals surface area (Å²) in [4.78, 5) is 12.0. The minimum atomic E-state index is -0.307. The monoisotopic (exact) mass is 452 g/mol. The number of nitrogens with zero attached hydrogens (tertiary/aromatic N) is 1. The number of carbonyl (C=O) groups excluding carboxylic acids is 1. The van der Waals surface area contributed by atoms with E-state index in [0.29, 0.717) is 5.75 Å². The zero-order valence-electron chi connectivity index (χ0n) is 13.4. The lowest BCUT2D eigenvalue weighted by molar-refractivity contribution is -0.123. The van der Waals surface area contributed by atoms with E-state index >= 15 is 0 Å². The van der Waals surface area contributed by atoms with Crippen LogP contribution in [-0.4, -0.2) is 18.2 Å². The van der Waals surface area contributed by atoms with Crippen LogP contribution in [0.15, 0.2) is 62.6 Å². The zero-order valence-corrected chi connectivity index (χ0v) is 16.6.